The third kappa shape index (κ3) is 7.70. The number of aliphatic hydroxyl groups is 1. The van der Waals surface area contributed by atoms with Crippen LogP contribution in [0.25, 0.3) is 0 Å². The highest BCUT2D eigenvalue weighted by Crippen LogP contribution is 2.38. The maximum atomic E-state index is 12.9. The molecule has 1 aliphatic rings. The molecule has 0 amide bonds. The van der Waals surface area contributed by atoms with Gasteiger partial charge in [-0.25, -0.2) is 0 Å². The van der Waals surface area contributed by atoms with E-state index < -0.39 is 11.9 Å². The molecular formula is C21H32ClNO5S. The zero-order valence-corrected chi connectivity index (χ0v) is 19.2. The van der Waals surface area contributed by atoms with Crippen LogP contribution >= 0.6 is 23.4 Å². The molecule has 0 aromatic carbocycles. The summed E-state index contributed by atoms with van der Waals surface area (Å²) >= 11 is 7.23. The number of aliphatic hydroxyl groups excluding tert-OH is 1. The Hall–Kier alpha value is -1.47. The van der Waals surface area contributed by atoms with E-state index in [4.69, 9.17) is 21.2 Å². The molecule has 0 radical (unpaired) electrons. The first kappa shape index (κ1) is 25.6. The summed E-state index contributed by atoms with van der Waals surface area (Å²) in [5, 5.41) is 15.3. The molecule has 0 bridgehead atoms. The highest BCUT2D eigenvalue weighted by Gasteiger charge is 2.43. The number of rotatable bonds is 12. The molecule has 3 unspecified atom stereocenters. The van der Waals surface area contributed by atoms with Crippen LogP contribution in [-0.4, -0.2) is 46.8 Å². The highest BCUT2D eigenvalue weighted by atomic mass is 35.5. The van der Waals surface area contributed by atoms with Crippen LogP contribution in [0.5, 0.6) is 0 Å². The first-order valence-corrected chi connectivity index (χ1v) is 11.6. The van der Waals surface area contributed by atoms with Crippen LogP contribution in [0.4, 0.5) is 0 Å². The number of hydrogen-bond donors (Lipinski definition) is 1. The lowest BCUT2D eigenvalue weighted by Crippen LogP contribution is -2.38. The van der Waals surface area contributed by atoms with Crippen molar-refractivity contribution in [3.05, 3.63) is 22.9 Å². The Kier molecular flexibility index (Phi) is 12.1. The first-order valence-electron chi connectivity index (χ1n) is 10.1. The summed E-state index contributed by atoms with van der Waals surface area (Å²) in [6.45, 7) is 8.16. The van der Waals surface area contributed by atoms with Gasteiger partial charge in [0.25, 0.3) is 0 Å². The minimum atomic E-state index is -0.868. The number of halogens is 1. The van der Waals surface area contributed by atoms with Crippen molar-refractivity contribution in [3.63, 3.8) is 0 Å². The largest absolute Gasteiger partial charge is 0.511 e. The summed E-state index contributed by atoms with van der Waals surface area (Å²) in [7, 11) is 0. The van der Waals surface area contributed by atoms with E-state index in [1.165, 1.54) is 5.54 Å². The lowest BCUT2D eigenvalue weighted by Gasteiger charge is -2.32. The molecule has 0 saturated carbocycles. The molecule has 1 N–H and O–H groups in total. The van der Waals surface area contributed by atoms with E-state index in [1.807, 2.05) is 6.92 Å². The molecule has 1 aliphatic carbocycles. The standard InChI is InChI=1S/C21H32ClNO5S/c1-5-9-16(23-28-11-8-10-22)19-17(24)13-15(12-14(4)29-7-3)18(20(19)25)21(26)27-6-2/h8,10,14-15,18,25H,5-7,9,11-13H2,1-4H3/b10-8+,23-16?. The molecule has 6 nitrogen and oxygen atoms in total. The Balaban J connectivity index is 3.30. The van der Waals surface area contributed by atoms with Gasteiger partial charge in [-0.2, -0.15) is 11.8 Å². The number of ketones is 1. The molecule has 8 heteroatoms. The summed E-state index contributed by atoms with van der Waals surface area (Å²) in [4.78, 5) is 30.8. The number of carbonyl (C=O) groups excluding carboxylic acids is 2. The van der Waals surface area contributed by atoms with Crippen molar-refractivity contribution in [2.45, 2.75) is 58.6 Å². The van der Waals surface area contributed by atoms with Gasteiger partial charge in [-0.15, -0.1) is 0 Å². The number of ether oxygens (including phenoxy) is 1. The number of allylic oxidation sites excluding steroid dienone is 1. The number of Topliss-reactive ketones (excluding diaryl/α,β-unsaturated/α-hetero) is 1. The third-order valence-electron chi connectivity index (χ3n) is 4.58. The molecule has 0 spiro atoms. The average molecular weight is 446 g/mol. The molecule has 0 fully saturated rings. The molecule has 0 aromatic rings. The predicted octanol–water partition coefficient (Wildman–Crippen LogP) is 5.02. The second-order valence-electron chi connectivity index (χ2n) is 6.82. The minimum Gasteiger partial charge on any atom is -0.511 e. The van der Waals surface area contributed by atoms with Crippen molar-refractivity contribution in [3.8, 4) is 0 Å². The third-order valence-corrected chi connectivity index (χ3v) is 5.86. The molecule has 0 heterocycles. The van der Waals surface area contributed by atoms with Gasteiger partial charge in [0.1, 0.15) is 18.3 Å². The number of thioether (sulfide) groups is 1. The monoisotopic (exact) mass is 445 g/mol. The Morgan fingerprint density at radius 1 is 1.41 bits per heavy atom. The Bertz CT molecular complexity index is 647. The van der Waals surface area contributed by atoms with Gasteiger partial charge in [0.05, 0.1) is 17.9 Å². The van der Waals surface area contributed by atoms with Crippen molar-refractivity contribution in [1.29, 1.82) is 0 Å². The van der Waals surface area contributed by atoms with Crippen LogP contribution in [-0.2, 0) is 19.2 Å². The van der Waals surface area contributed by atoms with Crippen molar-refractivity contribution >= 4 is 40.8 Å². The summed E-state index contributed by atoms with van der Waals surface area (Å²) in [5.74, 6) is -1.20. The lowest BCUT2D eigenvalue weighted by molar-refractivity contribution is -0.150. The SMILES string of the molecule is CCCC(=NOC/C=C/Cl)C1=C(O)C(C(=O)OCC)C(CC(C)SCC)CC1=O. The van der Waals surface area contributed by atoms with E-state index in [-0.39, 0.29) is 47.9 Å². The molecule has 164 valence electrons. The van der Waals surface area contributed by atoms with Crippen molar-refractivity contribution < 1.29 is 24.3 Å². The van der Waals surface area contributed by atoms with Gasteiger partial charge in [-0.1, -0.05) is 43.9 Å². The van der Waals surface area contributed by atoms with Gasteiger partial charge < -0.3 is 14.7 Å². The first-order chi connectivity index (χ1) is 13.9. The van der Waals surface area contributed by atoms with E-state index in [1.54, 1.807) is 24.8 Å². The van der Waals surface area contributed by atoms with Gasteiger partial charge >= 0.3 is 5.97 Å². The van der Waals surface area contributed by atoms with Gasteiger partial charge in [0.2, 0.25) is 0 Å². The second-order valence-corrected chi connectivity index (χ2v) is 8.79. The van der Waals surface area contributed by atoms with Crippen molar-refractivity contribution in [2.24, 2.45) is 17.0 Å². The zero-order valence-electron chi connectivity index (χ0n) is 17.7. The van der Waals surface area contributed by atoms with E-state index in [0.717, 1.165) is 5.75 Å². The maximum absolute atomic E-state index is 12.9. The number of hydrogen-bond acceptors (Lipinski definition) is 7. The Morgan fingerprint density at radius 3 is 2.72 bits per heavy atom. The molecule has 3 atom stereocenters. The summed E-state index contributed by atoms with van der Waals surface area (Å²) in [6.07, 6.45) is 3.52. The van der Waals surface area contributed by atoms with Crippen LogP contribution in [0.2, 0.25) is 0 Å². The van der Waals surface area contributed by atoms with Gasteiger partial charge in [0, 0.05) is 17.2 Å². The minimum absolute atomic E-state index is 0.0896. The van der Waals surface area contributed by atoms with E-state index in [2.05, 4.69) is 19.0 Å². The van der Waals surface area contributed by atoms with E-state index in [0.29, 0.717) is 25.0 Å². The van der Waals surface area contributed by atoms with Crippen LogP contribution < -0.4 is 0 Å². The van der Waals surface area contributed by atoms with Gasteiger partial charge in [-0.05, 0) is 37.5 Å². The van der Waals surface area contributed by atoms with E-state index >= 15 is 0 Å². The second kappa shape index (κ2) is 13.7. The molecule has 29 heavy (non-hydrogen) atoms. The fourth-order valence-corrected chi connectivity index (χ4v) is 4.50. The molecule has 0 aliphatic heterocycles. The predicted molar refractivity (Wildman–Crippen MR) is 118 cm³/mol. The topological polar surface area (TPSA) is 85.2 Å². The van der Waals surface area contributed by atoms with Crippen LogP contribution in [0.3, 0.4) is 0 Å². The number of nitrogens with zero attached hydrogens (tertiary/aromatic N) is 1. The summed E-state index contributed by atoms with van der Waals surface area (Å²) in [6, 6.07) is 0. The van der Waals surface area contributed by atoms with Crippen LogP contribution in [0, 0.1) is 11.8 Å². The van der Waals surface area contributed by atoms with Crippen LogP contribution in [0.1, 0.15) is 53.4 Å². The molecule has 1 rings (SSSR count). The fourth-order valence-electron chi connectivity index (χ4n) is 3.47. The number of carbonyl (C=O) groups is 2. The lowest BCUT2D eigenvalue weighted by atomic mass is 9.74. The highest BCUT2D eigenvalue weighted by molar-refractivity contribution is 7.99. The molecule has 0 aromatic heterocycles. The maximum Gasteiger partial charge on any atom is 0.316 e. The quantitative estimate of drug-likeness (QED) is 0.196. The molecular weight excluding hydrogens is 414 g/mol. The molecule has 0 saturated heterocycles. The average Bonchev–Trinajstić information content (AvgIpc) is 2.65. The summed E-state index contributed by atoms with van der Waals surface area (Å²) < 4.78 is 5.21. The Morgan fingerprint density at radius 2 is 2.14 bits per heavy atom. The van der Waals surface area contributed by atoms with Crippen molar-refractivity contribution in [1.82, 2.24) is 0 Å². The van der Waals surface area contributed by atoms with Gasteiger partial charge in [0.15, 0.2) is 5.78 Å². The number of esters is 1. The van der Waals surface area contributed by atoms with Crippen LogP contribution in [0.15, 0.2) is 28.1 Å². The van der Waals surface area contributed by atoms with Crippen molar-refractivity contribution in [2.75, 3.05) is 19.0 Å². The number of oxime groups is 1. The van der Waals surface area contributed by atoms with Gasteiger partial charge in [-0.3, -0.25) is 9.59 Å². The van der Waals surface area contributed by atoms with E-state index in [9.17, 15) is 14.7 Å². The summed E-state index contributed by atoms with van der Waals surface area (Å²) in [5.41, 5.74) is 1.75. The Labute approximate surface area is 182 Å². The smallest absolute Gasteiger partial charge is 0.316 e. The normalized spacial score (nSPS) is 21.6. The fraction of sp³-hybridized carbons (Fsp3) is 0.667. The zero-order chi connectivity index (χ0) is 21.8.